The highest BCUT2D eigenvalue weighted by Crippen LogP contribution is 2.48. The molecule has 13 aromatic carbocycles. The van der Waals surface area contributed by atoms with E-state index in [0.717, 1.165) is 61.3 Å². The predicted molar refractivity (Wildman–Crippen MR) is 321 cm³/mol. The van der Waals surface area contributed by atoms with Gasteiger partial charge in [0, 0.05) is 22.3 Å². The maximum absolute atomic E-state index is 6.97. The van der Waals surface area contributed by atoms with Gasteiger partial charge < -0.3 is 9.32 Å². The van der Waals surface area contributed by atoms with Crippen molar-refractivity contribution in [1.29, 1.82) is 0 Å². The van der Waals surface area contributed by atoms with Crippen LogP contribution < -0.4 is 4.90 Å². The number of rotatable bonds is 10. The standard InChI is InChI=1S/C74H49NO/c1-3-16-50(17-4-1)60-47-61(51-18-5-2-6-19-51)49-62(48-60)67-26-12-11-24-65(67)57-38-42-64(43-39-57)75(63-40-36-54(37-41-63)53-30-32-55(33-31-53)59-35-34-52-20-7-8-22-58(52)46-59)71-45-44-69(68-28-15-23-56-21-9-10-25-66(56)68)74-73(71)70-27-13-14-29-72(70)76-74/h1-49H. The van der Waals surface area contributed by atoms with Crippen LogP contribution in [0.2, 0.25) is 0 Å². The van der Waals surface area contributed by atoms with Crippen molar-refractivity contribution in [2.45, 2.75) is 0 Å². The number of furan rings is 1. The fourth-order valence-corrected chi connectivity index (χ4v) is 11.3. The molecule has 0 fully saturated rings. The Labute approximate surface area is 442 Å². The number of fused-ring (bicyclic) bond motifs is 5. The fourth-order valence-electron chi connectivity index (χ4n) is 11.3. The second-order valence-electron chi connectivity index (χ2n) is 19.6. The third kappa shape index (κ3) is 8.19. The molecule has 0 bridgehead atoms. The van der Waals surface area contributed by atoms with E-state index in [1.54, 1.807) is 0 Å². The van der Waals surface area contributed by atoms with Gasteiger partial charge in [0.2, 0.25) is 0 Å². The van der Waals surface area contributed by atoms with Crippen LogP contribution >= 0.6 is 0 Å². The first-order valence-electron chi connectivity index (χ1n) is 26.0. The zero-order valence-corrected chi connectivity index (χ0v) is 41.6. The van der Waals surface area contributed by atoms with Gasteiger partial charge in [-0.25, -0.2) is 0 Å². The van der Waals surface area contributed by atoms with E-state index in [2.05, 4.69) is 302 Å². The molecule has 0 radical (unpaired) electrons. The molecule has 14 rings (SSSR count). The number of hydrogen-bond acceptors (Lipinski definition) is 2. The molecule has 0 amide bonds. The highest BCUT2D eigenvalue weighted by molar-refractivity contribution is 6.18. The summed E-state index contributed by atoms with van der Waals surface area (Å²) in [6.45, 7) is 0. The van der Waals surface area contributed by atoms with Gasteiger partial charge in [-0.2, -0.15) is 0 Å². The van der Waals surface area contributed by atoms with Gasteiger partial charge in [-0.3, -0.25) is 0 Å². The maximum atomic E-state index is 6.97. The predicted octanol–water partition coefficient (Wildman–Crippen LogP) is 21.0. The lowest BCUT2D eigenvalue weighted by atomic mass is 9.89. The third-order valence-corrected chi connectivity index (χ3v) is 15.1. The summed E-state index contributed by atoms with van der Waals surface area (Å²) in [6.07, 6.45) is 0. The zero-order valence-electron chi connectivity index (χ0n) is 41.6. The average molecular weight is 968 g/mol. The molecule has 76 heavy (non-hydrogen) atoms. The Kier molecular flexibility index (Phi) is 11.2. The van der Waals surface area contributed by atoms with E-state index in [0.29, 0.717) is 0 Å². The van der Waals surface area contributed by atoms with Crippen LogP contribution in [0.5, 0.6) is 0 Å². The van der Waals surface area contributed by atoms with Crippen molar-refractivity contribution in [2.75, 3.05) is 4.90 Å². The van der Waals surface area contributed by atoms with E-state index >= 15 is 0 Å². The highest BCUT2D eigenvalue weighted by Gasteiger charge is 2.23. The Morgan fingerprint density at radius 1 is 0.237 bits per heavy atom. The van der Waals surface area contributed by atoms with Crippen molar-refractivity contribution in [3.05, 3.63) is 297 Å². The summed E-state index contributed by atoms with van der Waals surface area (Å²) in [4.78, 5) is 2.40. The average Bonchev–Trinajstić information content (AvgIpc) is 3.97. The van der Waals surface area contributed by atoms with Crippen LogP contribution in [0, 0.1) is 0 Å². The molecule has 0 spiro atoms. The van der Waals surface area contributed by atoms with Gasteiger partial charge in [0.15, 0.2) is 0 Å². The van der Waals surface area contributed by atoms with Crippen LogP contribution in [0.15, 0.2) is 302 Å². The monoisotopic (exact) mass is 967 g/mol. The summed E-state index contributed by atoms with van der Waals surface area (Å²) < 4.78 is 6.97. The Balaban J connectivity index is 0.893. The van der Waals surface area contributed by atoms with Gasteiger partial charge in [-0.1, -0.05) is 231 Å². The van der Waals surface area contributed by atoms with E-state index in [-0.39, 0.29) is 0 Å². The Morgan fingerprint density at radius 2 is 0.697 bits per heavy atom. The molecule has 2 nitrogen and oxygen atoms in total. The summed E-state index contributed by atoms with van der Waals surface area (Å²) in [5.74, 6) is 0. The molecule has 0 aliphatic heterocycles. The first-order valence-corrected chi connectivity index (χ1v) is 26.0. The van der Waals surface area contributed by atoms with Gasteiger partial charge in [0.05, 0.1) is 11.1 Å². The summed E-state index contributed by atoms with van der Waals surface area (Å²) >= 11 is 0. The first-order chi connectivity index (χ1) is 37.7. The minimum atomic E-state index is 0.854. The summed E-state index contributed by atoms with van der Waals surface area (Å²) in [7, 11) is 0. The van der Waals surface area contributed by atoms with E-state index < -0.39 is 0 Å². The van der Waals surface area contributed by atoms with Gasteiger partial charge in [0.25, 0.3) is 0 Å². The lowest BCUT2D eigenvalue weighted by molar-refractivity contribution is 0.670. The molecule has 0 aliphatic carbocycles. The van der Waals surface area contributed by atoms with Crippen LogP contribution in [0.25, 0.3) is 121 Å². The maximum Gasteiger partial charge on any atom is 0.145 e. The van der Waals surface area contributed by atoms with Crippen molar-refractivity contribution in [3.8, 4) is 77.9 Å². The van der Waals surface area contributed by atoms with Gasteiger partial charge in [-0.15, -0.1) is 0 Å². The van der Waals surface area contributed by atoms with Crippen molar-refractivity contribution in [1.82, 2.24) is 0 Å². The van der Waals surface area contributed by atoms with Crippen LogP contribution in [0.3, 0.4) is 0 Å². The topological polar surface area (TPSA) is 16.4 Å². The van der Waals surface area contributed by atoms with Crippen LogP contribution in [-0.4, -0.2) is 0 Å². The number of para-hydroxylation sites is 1. The molecule has 0 saturated carbocycles. The number of anilines is 3. The number of benzene rings is 13. The van der Waals surface area contributed by atoms with Crippen LogP contribution in [-0.2, 0) is 0 Å². The van der Waals surface area contributed by atoms with Crippen LogP contribution in [0.1, 0.15) is 0 Å². The molecule has 1 heterocycles. The van der Waals surface area contributed by atoms with Crippen LogP contribution in [0.4, 0.5) is 17.1 Å². The number of hydrogen-bond donors (Lipinski definition) is 0. The molecule has 0 N–H and O–H groups in total. The summed E-state index contributed by atoms with van der Waals surface area (Å²) in [5.41, 5.74) is 21.2. The third-order valence-electron chi connectivity index (χ3n) is 15.1. The Morgan fingerprint density at radius 3 is 1.37 bits per heavy atom. The van der Waals surface area contributed by atoms with Crippen molar-refractivity contribution >= 4 is 60.5 Å². The summed E-state index contributed by atoms with van der Waals surface area (Å²) in [6, 6.07) is 108. The van der Waals surface area contributed by atoms with Gasteiger partial charge >= 0.3 is 0 Å². The molecule has 0 unspecified atom stereocenters. The lowest BCUT2D eigenvalue weighted by Gasteiger charge is -2.27. The van der Waals surface area contributed by atoms with E-state index in [4.69, 9.17) is 4.42 Å². The molecule has 2 heteroatoms. The molecule has 0 aliphatic rings. The Bertz CT molecular complexity index is 4360. The normalized spacial score (nSPS) is 11.4. The Hall–Kier alpha value is -10.0. The quantitative estimate of drug-likeness (QED) is 0.136. The lowest BCUT2D eigenvalue weighted by Crippen LogP contribution is -2.10. The highest BCUT2D eigenvalue weighted by atomic mass is 16.3. The minimum absolute atomic E-state index is 0.854. The fraction of sp³-hybridized carbons (Fsp3) is 0. The SMILES string of the molecule is c1ccc(-c2cc(-c3ccccc3)cc(-c3ccccc3-c3ccc(N(c4ccc(-c5ccc(-c6ccc7ccccc7c6)cc5)cc4)c4ccc(-c5cccc6ccccc56)c5oc6ccccc6c45)cc3)c2)cc1. The van der Waals surface area contributed by atoms with Gasteiger partial charge in [-0.05, 0) is 161 Å². The van der Waals surface area contributed by atoms with E-state index in [1.807, 2.05) is 0 Å². The second-order valence-corrected chi connectivity index (χ2v) is 19.6. The molecule has 14 aromatic rings. The molecular formula is C74H49NO. The molecule has 0 saturated heterocycles. The summed E-state index contributed by atoms with van der Waals surface area (Å²) in [5, 5.41) is 7.02. The molecule has 0 atom stereocenters. The first kappa shape index (κ1) is 44.7. The van der Waals surface area contributed by atoms with Crippen molar-refractivity contribution in [2.24, 2.45) is 0 Å². The zero-order chi connectivity index (χ0) is 50.4. The smallest absolute Gasteiger partial charge is 0.145 e. The van der Waals surface area contributed by atoms with Gasteiger partial charge in [0.1, 0.15) is 11.2 Å². The van der Waals surface area contributed by atoms with E-state index in [9.17, 15) is 0 Å². The molecular weight excluding hydrogens is 919 g/mol. The van der Waals surface area contributed by atoms with Crippen molar-refractivity contribution < 1.29 is 4.42 Å². The molecule has 1 aromatic heterocycles. The minimum Gasteiger partial charge on any atom is -0.455 e. The van der Waals surface area contributed by atoms with Crippen molar-refractivity contribution in [3.63, 3.8) is 0 Å². The second kappa shape index (κ2) is 19.1. The van der Waals surface area contributed by atoms with E-state index in [1.165, 1.54) is 77.2 Å². The number of nitrogens with zero attached hydrogens (tertiary/aromatic N) is 1. The molecule has 356 valence electrons. The largest absolute Gasteiger partial charge is 0.455 e.